The van der Waals surface area contributed by atoms with Gasteiger partial charge in [0.15, 0.2) is 0 Å². The standard InChI is InChI=1S/C15H27NO2/c1-11-6-7-12(2)14(9-11)16-8-4-3-5-13(16)10-15(17)18/h11-14H,3-10H2,1-2H3,(H,17,18). The fourth-order valence-electron chi connectivity index (χ4n) is 3.84. The zero-order valence-electron chi connectivity index (χ0n) is 11.8. The Hall–Kier alpha value is -0.570. The third-order valence-electron chi connectivity index (χ3n) is 4.92. The SMILES string of the molecule is CC1CCC(C)C(N2CCCCC2CC(=O)O)C1. The lowest BCUT2D eigenvalue weighted by molar-refractivity contribution is -0.139. The van der Waals surface area contributed by atoms with Crippen LogP contribution in [0.5, 0.6) is 0 Å². The average molecular weight is 253 g/mol. The maximum atomic E-state index is 11.0. The molecular weight excluding hydrogens is 226 g/mol. The highest BCUT2D eigenvalue weighted by Gasteiger charge is 2.35. The zero-order valence-corrected chi connectivity index (χ0v) is 11.8. The number of aliphatic carboxylic acids is 1. The summed E-state index contributed by atoms with van der Waals surface area (Å²) in [6, 6.07) is 0.910. The van der Waals surface area contributed by atoms with Gasteiger partial charge in [0, 0.05) is 12.1 Å². The summed E-state index contributed by atoms with van der Waals surface area (Å²) in [5, 5.41) is 9.07. The minimum absolute atomic E-state index is 0.286. The Morgan fingerprint density at radius 3 is 2.72 bits per heavy atom. The van der Waals surface area contributed by atoms with Gasteiger partial charge in [-0.05, 0) is 44.1 Å². The number of carbonyl (C=O) groups is 1. The summed E-state index contributed by atoms with van der Waals surface area (Å²) in [4.78, 5) is 13.6. The van der Waals surface area contributed by atoms with Gasteiger partial charge in [0.25, 0.3) is 0 Å². The van der Waals surface area contributed by atoms with E-state index in [1.54, 1.807) is 0 Å². The molecular formula is C15H27NO2. The first-order valence-electron chi connectivity index (χ1n) is 7.55. The number of nitrogens with zero attached hydrogens (tertiary/aromatic N) is 1. The number of piperidine rings is 1. The average Bonchev–Trinajstić information content (AvgIpc) is 2.32. The van der Waals surface area contributed by atoms with Gasteiger partial charge < -0.3 is 5.11 Å². The number of hydrogen-bond acceptors (Lipinski definition) is 2. The first-order valence-corrected chi connectivity index (χ1v) is 7.55. The molecule has 1 aliphatic heterocycles. The molecule has 4 unspecified atom stereocenters. The number of hydrogen-bond donors (Lipinski definition) is 1. The van der Waals surface area contributed by atoms with Crippen LogP contribution >= 0.6 is 0 Å². The van der Waals surface area contributed by atoms with E-state index >= 15 is 0 Å². The van der Waals surface area contributed by atoms with Crippen molar-refractivity contribution in [1.29, 1.82) is 0 Å². The van der Waals surface area contributed by atoms with Crippen LogP contribution in [0.3, 0.4) is 0 Å². The molecule has 0 aromatic carbocycles. The molecule has 4 atom stereocenters. The maximum Gasteiger partial charge on any atom is 0.304 e. The molecule has 1 aliphatic carbocycles. The number of carboxylic acid groups (broad SMARTS) is 1. The summed E-state index contributed by atoms with van der Waals surface area (Å²) in [6.45, 7) is 5.80. The molecule has 3 heteroatoms. The zero-order chi connectivity index (χ0) is 13.1. The molecule has 0 bridgehead atoms. The highest BCUT2D eigenvalue weighted by molar-refractivity contribution is 5.67. The molecule has 1 saturated heterocycles. The van der Waals surface area contributed by atoms with Gasteiger partial charge in [-0.1, -0.05) is 26.7 Å². The Balaban J connectivity index is 2.04. The van der Waals surface area contributed by atoms with Gasteiger partial charge >= 0.3 is 5.97 Å². The van der Waals surface area contributed by atoms with Gasteiger partial charge in [-0.15, -0.1) is 0 Å². The first kappa shape index (κ1) is 13.9. The van der Waals surface area contributed by atoms with E-state index in [-0.39, 0.29) is 6.04 Å². The quantitative estimate of drug-likeness (QED) is 0.840. The summed E-state index contributed by atoms with van der Waals surface area (Å²) < 4.78 is 0. The van der Waals surface area contributed by atoms with Crippen LogP contribution in [-0.4, -0.2) is 34.6 Å². The third kappa shape index (κ3) is 3.25. The normalized spacial score (nSPS) is 38.6. The topological polar surface area (TPSA) is 40.5 Å². The minimum atomic E-state index is -0.636. The van der Waals surface area contributed by atoms with Crippen molar-refractivity contribution in [1.82, 2.24) is 4.90 Å². The Morgan fingerprint density at radius 2 is 2.00 bits per heavy atom. The molecule has 1 N–H and O–H groups in total. The molecule has 104 valence electrons. The van der Waals surface area contributed by atoms with Crippen LogP contribution in [0.25, 0.3) is 0 Å². The van der Waals surface area contributed by atoms with Crippen molar-refractivity contribution >= 4 is 5.97 Å². The summed E-state index contributed by atoms with van der Waals surface area (Å²) in [6.07, 6.45) is 7.76. The molecule has 2 rings (SSSR count). The Morgan fingerprint density at radius 1 is 1.22 bits per heavy atom. The Kier molecular flexibility index (Phi) is 4.66. The lowest BCUT2D eigenvalue weighted by atomic mass is 9.78. The fourth-order valence-corrected chi connectivity index (χ4v) is 3.84. The van der Waals surface area contributed by atoms with Crippen molar-refractivity contribution in [2.75, 3.05) is 6.54 Å². The van der Waals surface area contributed by atoms with Gasteiger partial charge in [0.05, 0.1) is 6.42 Å². The highest BCUT2D eigenvalue weighted by Crippen LogP contribution is 2.35. The van der Waals surface area contributed by atoms with E-state index in [1.807, 2.05) is 0 Å². The summed E-state index contributed by atoms with van der Waals surface area (Å²) in [5.41, 5.74) is 0. The van der Waals surface area contributed by atoms with Crippen molar-refractivity contribution < 1.29 is 9.90 Å². The molecule has 2 fully saturated rings. The molecule has 0 amide bonds. The predicted molar refractivity (Wildman–Crippen MR) is 72.6 cm³/mol. The van der Waals surface area contributed by atoms with E-state index < -0.39 is 5.97 Å². The van der Waals surface area contributed by atoms with Crippen molar-refractivity contribution in [2.45, 2.75) is 70.9 Å². The molecule has 0 aromatic heterocycles. The van der Waals surface area contributed by atoms with Gasteiger partial charge in [0.2, 0.25) is 0 Å². The third-order valence-corrected chi connectivity index (χ3v) is 4.92. The highest BCUT2D eigenvalue weighted by atomic mass is 16.4. The smallest absolute Gasteiger partial charge is 0.304 e. The first-order chi connectivity index (χ1) is 8.58. The number of carboxylic acids is 1. The molecule has 18 heavy (non-hydrogen) atoms. The van der Waals surface area contributed by atoms with Gasteiger partial charge in [-0.3, -0.25) is 9.69 Å². The van der Waals surface area contributed by atoms with Crippen molar-refractivity contribution in [3.8, 4) is 0 Å². The van der Waals surface area contributed by atoms with Gasteiger partial charge in [0.1, 0.15) is 0 Å². The van der Waals surface area contributed by atoms with Crippen molar-refractivity contribution in [3.05, 3.63) is 0 Å². The van der Waals surface area contributed by atoms with Crippen LogP contribution in [0.4, 0.5) is 0 Å². The van der Waals surface area contributed by atoms with Crippen LogP contribution in [0.1, 0.15) is 58.8 Å². The number of rotatable bonds is 3. The van der Waals surface area contributed by atoms with Crippen molar-refractivity contribution in [2.24, 2.45) is 11.8 Å². The van der Waals surface area contributed by atoms with E-state index in [9.17, 15) is 4.79 Å². The minimum Gasteiger partial charge on any atom is -0.481 e. The Bertz CT molecular complexity index is 292. The van der Waals surface area contributed by atoms with Crippen LogP contribution in [-0.2, 0) is 4.79 Å². The summed E-state index contributed by atoms with van der Waals surface area (Å²) >= 11 is 0. The lowest BCUT2D eigenvalue weighted by Gasteiger charge is -2.46. The molecule has 2 aliphatic rings. The van der Waals surface area contributed by atoms with Crippen molar-refractivity contribution in [3.63, 3.8) is 0 Å². The molecule has 3 nitrogen and oxygen atoms in total. The molecule has 0 radical (unpaired) electrons. The summed E-state index contributed by atoms with van der Waals surface area (Å²) in [7, 11) is 0. The van der Waals surface area contributed by atoms with Gasteiger partial charge in [-0.25, -0.2) is 0 Å². The Labute approximate surface area is 111 Å². The van der Waals surface area contributed by atoms with Crippen LogP contribution in [0.2, 0.25) is 0 Å². The van der Waals surface area contributed by atoms with Crippen LogP contribution in [0, 0.1) is 11.8 Å². The molecule has 0 spiro atoms. The second kappa shape index (κ2) is 6.05. The second-order valence-corrected chi connectivity index (χ2v) is 6.45. The predicted octanol–water partition coefficient (Wildman–Crippen LogP) is 3.14. The molecule has 1 saturated carbocycles. The van der Waals surface area contributed by atoms with E-state index in [2.05, 4.69) is 18.7 Å². The van der Waals surface area contributed by atoms with E-state index in [1.165, 1.54) is 32.1 Å². The van der Waals surface area contributed by atoms with E-state index in [4.69, 9.17) is 5.11 Å². The van der Waals surface area contributed by atoms with E-state index in [0.717, 1.165) is 24.8 Å². The van der Waals surface area contributed by atoms with E-state index in [0.29, 0.717) is 12.5 Å². The second-order valence-electron chi connectivity index (χ2n) is 6.45. The van der Waals surface area contributed by atoms with Gasteiger partial charge in [-0.2, -0.15) is 0 Å². The monoisotopic (exact) mass is 253 g/mol. The molecule has 0 aromatic rings. The van der Waals surface area contributed by atoms with Crippen LogP contribution in [0.15, 0.2) is 0 Å². The number of likely N-dealkylation sites (tertiary alicyclic amines) is 1. The fraction of sp³-hybridized carbons (Fsp3) is 0.933. The lowest BCUT2D eigenvalue weighted by Crippen LogP contribution is -2.51. The largest absolute Gasteiger partial charge is 0.481 e. The van der Waals surface area contributed by atoms with Crippen LogP contribution < -0.4 is 0 Å². The molecule has 1 heterocycles. The maximum absolute atomic E-state index is 11.0. The summed E-state index contributed by atoms with van der Waals surface area (Å²) in [5.74, 6) is 0.901.